The summed E-state index contributed by atoms with van der Waals surface area (Å²) in [6, 6.07) is 6.52. The van der Waals surface area contributed by atoms with Gasteiger partial charge in [0.1, 0.15) is 22.4 Å². The zero-order chi connectivity index (χ0) is 21.8. The van der Waals surface area contributed by atoms with E-state index >= 15 is 0 Å². The number of Topliss-reactive ketones (excluding diaryl/α,β-unsaturated/α-hetero) is 1. The lowest BCUT2D eigenvalue weighted by Crippen LogP contribution is -2.38. The number of aromatic nitrogens is 2. The fourth-order valence-corrected chi connectivity index (χ4v) is 3.07. The molecule has 0 aliphatic rings. The van der Waals surface area contributed by atoms with Crippen molar-refractivity contribution in [3.63, 3.8) is 0 Å². The highest BCUT2D eigenvalue weighted by Crippen LogP contribution is 2.28. The number of benzene rings is 1. The van der Waals surface area contributed by atoms with Gasteiger partial charge in [-0.25, -0.2) is 4.98 Å². The molecule has 1 heterocycles. The molecule has 0 aliphatic carbocycles. The SMILES string of the molecule is CSc1nc(N)nc(N(C)[C@@H](C)C(=O)Cc2cccc(OC(F)(F)F)c2)c1C#N. The average Bonchev–Trinajstić information content (AvgIpc) is 2.64. The monoisotopic (exact) mass is 425 g/mol. The predicted octanol–water partition coefficient (Wildman–Crippen LogP) is 3.19. The Morgan fingerprint density at radius 2 is 2.10 bits per heavy atom. The minimum atomic E-state index is -4.81. The molecule has 0 saturated heterocycles. The van der Waals surface area contributed by atoms with Crippen LogP contribution in [0.2, 0.25) is 0 Å². The molecule has 1 aromatic carbocycles. The molecule has 0 amide bonds. The number of anilines is 2. The standard InChI is InChI=1S/C18H18F3N5O2S/c1-10(26(2)15-13(9-22)16(29-3)25-17(23)24-15)14(27)8-11-5-4-6-12(7-11)28-18(19,20)21/h4-7,10H,8H2,1-3H3,(H2,23,24,25)/t10-/m0/s1. The highest BCUT2D eigenvalue weighted by atomic mass is 32.2. The second-order valence-electron chi connectivity index (χ2n) is 6.03. The highest BCUT2D eigenvalue weighted by Gasteiger charge is 2.31. The first-order valence-electron chi connectivity index (χ1n) is 8.27. The molecule has 0 fully saturated rings. The van der Waals surface area contributed by atoms with Gasteiger partial charge in [-0.2, -0.15) is 10.2 Å². The van der Waals surface area contributed by atoms with Gasteiger partial charge in [-0.15, -0.1) is 24.9 Å². The van der Waals surface area contributed by atoms with E-state index in [4.69, 9.17) is 5.73 Å². The van der Waals surface area contributed by atoms with E-state index < -0.39 is 18.2 Å². The third-order valence-electron chi connectivity index (χ3n) is 4.07. The van der Waals surface area contributed by atoms with Gasteiger partial charge in [-0.3, -0.25) is 4.79 Å². The second kappa shape index (κ2) is 9.00. The molecule has 0 aliphatic heterocycles. The largest absolute Gasteiger partial charge is 0.573 e. The third-order valence-corrected chi connectivity index (χ3v) is 4.75. The summed E-state index contributed by atoms with van der Waals surface area (Å²) in [6.45, 7) is 1.61. The van der Waals surface area contributed by atoms with E-state index in [0.717, 1.165) is 12.1 Å². The zero-order valence-corrected chi connectivity index (χ0v) is 16.6. The minimum Gasteiger partial charge on any atom is -0.406 e. The molecule has 0 radical (unpaired) electrons. The van der Waals surface area contributed by atoms with Crippen LogP contribution < -0.4 is 15.4 Å². The summed E-state index contributed by atoms with van der Waals surface area (Å²) in [7, 11) is 1.58. The number of nitrogens with zero attached hydrogens (tertiary/aromatic N) is 4. The molecule has 154 valence electrons. The van der Waals surface area contributed by atoms with E-state index in [-0.39, 0.29) is 29.5 Å². The molecule has 29 heavy (non-hydrogen) atoms. The summed E-state index contributed by atoms with van der Waals surface area (Å²) in [4.78, 5) is 22.3. The molecule has 0 bridgehead atoms. The summed E-state index contributed by atoms with van der Waals surface area (Å²) < 4.78 is 41.0. The quantitative estimate of drug-likeness (QED) is 0.533. The molecule has 1 aromatic heterocycles. The van der Waals surface area contributed by atoms with Gasteiger partial charge < -0.3 is 15.4 Å². The van der Waals surface area contributed by atoms with Crippen LogP contribution in [0.15, 0.2) is 29.3 Å². The minimum absolute atomic E-state index is 0.0353. The van der Waals surface area contributed by atoms with Gasteiger partial charge in [0.05, 0.1) is 6.04 Å². The number of rotatable bonds is 7. The number of halogens is 3. The average molecular weight is 425 g/mol. The van der Waals surface area contributed by atoms with Crippen LogP contribution in [-0.2, 0) is 11.2 Å². The molecular weight excluding hydrogens is 407 g/mol. The first-order chi connectivity index (χ1) is 13.6. The van der Waals surface area contributed by atoms with Crippen LogP contribution in [0.4, 0.5) is 24.9 Å². The zero-order valence-electron chi connectivity index (χ0n) is 15.8. The van der Waals surface area contributed by atoms with Gasteiger partial charge in [0.2, 0.25) is 5.95 Å². The highest BCUT2D eigenvalue weighted by molar-refractivity contribution is 7.98. The Morgan fingerprint density at radius 3 is 2.69 bits per heavy atom. The first-order valence-corrected chi connectivity index (χ1v) is 9.50. The fraction of sp³-hybridized carbons (Fsp3) is 0.333. The predicted molar refractivity (Wildman–Crippen MR) is 103 cm³/mol. The van der Waals surface area contributed by atoms with Gasteiger partial charge >= 0.3 is 6.36 Å². The van der Waals surface area contributed by atoms with Crippen LogP contribution in [0, 0.1) is 11.3 Å². The Morgan fingerprint density at radius 1 is 1.41 bits per heavy atom. The Hall–Kier alpha value is -3.00. The van der Waals surface area contributed by atoms with Crippen molar-refractivity contribution in [2.45, 2.75) is 30.8 Å². The molecule has 0 spiro atoms. The van der Waals surface area contributed by atoms with Crippen LogP contribution in [0.25, 0.3) is 0 Å². The van der Waals surface area contributed by atoms with Crippen molar-refractivity contribution in [2.75, 3.05) is 23.9 Å². The van der Waals surface area contributed by atoms with Gasteiger partial charge in [0.15, 0.2) is 11.6 Å². The second-order valence-corrected chi connectivity index (χ2v) is 6.82. The maximum atomic E-state index is 12.7. The Labute approximate surface area is 169 Å². The van der Waals surface area contributed by atoms with Crippen LogP contribution in [0.5, 0.6) is 5.75 Å². The molecular formula is C18H18F3N5O2S. The van der Waals surface area contributed by atoms with Crippen LogP contribution in [-0.4, -0.2) is 41.5 Å². The summed E-state index contributed by atoms with van der Waals surface area (Å²) in [6.07, 6.45) is -3.21. The maximum Gasteiger partial charge on any atom is 0.573 e. The van der Waals surface area contributed by atoms with Crippen molar-refractivity contribution in [1.82, 2.24) is 9.97 Å². The number of nitrogens with two attached hydrogens (primary N) is 1. The number of hydrogen-bond donors (Lipinski definition) is 1. The number of alkyl halides is 3. The first kappa shape index (κ1) is 22.3. The Kier molecular flexibility index (Phi) is 6.92. The van der Waals surface area contributed by atoms with Crippen LogP contribution in [0.3, 0.4) is 0 Å². The topological polar surface area (TPSA) is 105 Å². The summed E-state index contributed by atoms with van der Waals surface area (Å²) >= 11 is 1.22. The van der Waals surface area contributed by atoms with Crippen LogP contribution in [0.1, 0.15) is 18.1 Å². The Balaban J connectivity index is 2.22. The van der Waals surface area contributed by atoms with Crippen LogP contribution >= 0.6 is 11.8 Å². The normalized spacial score (nSPS) is 12.2. The van der Waals surface area contributed by atoms with E-state index in [0.29, 0.717) is 10.6 Å². The molecule has 7 nitrogen and oxygen atoms in total. The van der Waals surface area contributed by atoms with E-state index in [1.54, 1.807) is 20.2 Å². The van der Waals surface area contributed by atoms with Crippen molar-refractivity contribution in [3.8, 4) is 11.8 Å². The van der Waals surface area contributed by atoms with Gasteiger partial charge in [0, 0.05) is 13.5 Å². The third kappa shape index (κ3) is 5.74. The number of ether oxygens (including phenoxy) is 1. The number of carbonyl (C=O) groups excluding carboxylic acids is 1. The molecule has 0 saturated carbocycles. The summed E-state index contributed by atoms with van der Waals surface area (Å²) in [5, 5.41) is 9.84. The van der Waals surface area contributed by atoms with E-state index in [2.05, 4.69) is 14.7 Å². The Bertz CT molecular complexity index is 946. The molecule has 2 aromatic rings. The maximum absolute atomic E-state index is 12.7. The molecule has 11 heteroatoms. The molecule has 2 rings (SSSR count). The molecule has 0 unspecified atom stereocenters. The van der Waals surface area contributed by atoms with Crippen molar-refractivity contribution in [3.05, 3.63) is 35.4 Å². The van der Waals surface area contributed by atoms with Gasteiger partial charge in [-0.1, -0.05) is 12.1 Å². The lowest BCUT2D eigenvalue weighted by Gasteiger charge is -2.26. The van der Waals surface area contributed by atoms with Crippen molar-refractivity contribution >= 4 is 29.3 Å². The molecule has 1 atom stereocenters. The number of nitrogen functional groups attached to an aromatic ring is 1. The van der Waals surface area contributed by atoms with Gasteiger partial charge in [-0.05, 0) is 30.9 Å². The van der Waals surface area contributed by atoms with Gasteiger partial charge in [0.25, 0.3) is 0 Å². The number of ketones is 1. The number of nitriles is 1. The van der Waals surface area contributed by atoms with E-state index in [1.165, 1.54) is 28.8 Å². The number of carbonyl (C=O) groups is 1. The van der Waals surface area contributed by atoms with Crippen molar-refractivity contribution < 1.29 is 22.7 Å². The number of thioether (sulfide) groups is 1. The van der Waals surface area contributed by atoms with Crippen molar-refractivity contribution in [1.29, 1.82) is 5.26 Å². The van der Waals surface area contributed by atoms with E-state index in [9.17, 15) is 23.2 Å². The van der Waals surface area contributed by atoms with E-state index in [1.807, 2.05) is 6.07 Å². The number of hydrogen-bond acceptors (Lipinski definition) is 8. The lowest BCUT2D eigenvalue weighted by atomic mass is 10.0. The molecule has 2 N–H and O–H groups in total. The lowest BCUT2D eigenvalue weighted by molar-refractivity contribution is -0.274. The summed E-state index contributed by atoms with van der Waals surface area (Å²) in [5.41, 5.74) is 6.26. The smallest absolute Gasteiger partial charge is 0.406 e. The summed E-state index contributed by atoms with van der Waals surface area (Å²) in [5.74, 6) is -0.515. The fourth-order valence-electron chi connectivity index (χ4n) is 2.55. The number of likely N-dealkylation sites (N-methyl/N-ethyl adjacent to an activating group) is 1. The van der Waals surface area contributed by atoms with Crippen molar-refractivity contribution in [2.24, 2.45) is 0 Å².